The quantitative estimate of drug-likeness (QED) is 0.846. The van der Waals surface area contributed by atoms with Crippen molar-refractivity contribution in [1.29, 1.82) is 0 Å². The summed E-state index contributed by atoms with van der Waals surface area (Å²) in [4.78, 5) is 26.8. The number of benzene rings is 2. The van der Waals surface area contributed by atoms with Crippen LogP contribution in [-0.2, 0) is 16.1 Å². The Bertz CT molecular complexity index is 815. The second kappa shape index (κ2) is 8.25. The van der Waals surface area contributed by atoms with Crippen molar-refractivity contribution in [2.75, 3.05) is 19.0 Å². The first-order valence-electron chi connectivity index (χ1n) is 9.28. The maximum Gasteiger partial charge on any atom is 0.229 e. The Morgan fingerprint density at radius 1 is 1.19 bits per heavy atom. The minimum Gasteiger partial charge on any atom is -0.497 e. The highest BCUT2D eigenvalue weighted by Crippen LogP contribution is 2.26. The summed E-state index contributed by atoms with van der Waals surface area (Å²) in [6.45, 7) is 5.15. The molecule has 1 heterocycles. The highest BCUT2D eigenvalue weighted by Gasteiger charge is 2.34. The van der Waals surface area contributed by atoms with Crippen molar-refractivity contribution in [2.45, 2.75) is 32.7 Å². The van der Waals surface area contributed by atoms with Crippen LogP contribution in [0.25, 0.3) is 0 Å². The third kappa shape index (κ3) is 4.48. The number of methoxy groups -OCH3 is 1. The van der Waals surface area contributed by atoms with Gasteiger partial charge < -0.3 is 15.0 Å². The number of anilines is 1. The van der Waals surface area contributed by atoms with Crippen molar-refractivity contribution in [2.24, 2.45) is 5.92 Å². The second-order valence-electron chi connectivity index (χ2n) is 7.25. The van der Waals surface area contributed by atoms with Crippen LogP contribution in [0.2, 0.25) is 0 Å². The largest absolute Gasteiger partial charge is 0.497 e. The molecule has 1 aliphatic rings. The fourth-order valence-corrected chi connectivity index (χ4v) is 3.40. The van der Waals surface area contributed by atoms with E-state index in [2.05, 4.69) is 19.2 Å². The number of rotatable bonds is 6. The molecule has 1 N–H and O–H groups in total. The van der Waals surface area contributed by atoms with E-state index in [-0.39, 0.29) is 24.2 Å². The van der Waals surface area contributed by atoms with Gasteiger partial charge in [0.15, 0.2) is 0 Å². The van der Waals surface area contributed by atoms with Gasteiger partial charge >= 0.3 is 0 Å². The van der Waals surface area contributed by atoms with Crippen LogP contribution in [0.15, 0.2) is 48.5 Å². The normalized spacial score (nSPS) is 16.7. The molecule has 0 spiro atoms. The van der Waals surface area contributed by atoms with E-state index in [4.69, 9.17) is 4.74 Å². The molecule has 0 saturated carbocycles. The van der Waals surface area contributed by atoms with Gasteiger partial charge in [-0.05, 0) is 35.2 Å². The highest BCUT2D eigenvalue weighted by atomic mass is 16.5. The minimum absolute atomic E-state index is 0.0168. The Morgan fingerprint density at radius 2 is 1.89 bits per heavy atom. The number of para-hydroxylation sites is 1. The smallest absolute Gasteiger partial charge is 0.229 e. The highest BCUT2D eigenvalue weighted by molar-refractivity contribution is 5.97. The van der Waals surface area contributed by atoms with Gasteiger partial charge in [-0.15, -0.1) is 0 Å². The molecule has 5 nitrogen and oxygen atoms in total. The predicted molar refractivity (Wildman–Crippen MR) is 106 cm³/mol. The first-order chi connectivity index (χ1) is 13.0. The molecule has 0 radical (unpaired) electrons. The van der Waals surface area contributed by atoms with Gasteiger partial charge in [0.2, 0.25) is 11.8 Å². The van der Waals surface area contributed by atoms with Crippen LogP contribution >= 0.6 is 0 Å². The molecule has 2 aromatic carbocycles. The van der Waals surface area contributed by atoms with Crippen LogP contribution in [0.5, 0.6) is 5.75 Å². The Labute approximate surface area is 160 Å². The van der Waals surface area contributed by atoms with E-state index in [0.717, 1.165) is 22.6 Å². The summed E-state index contributed by atoms with van der Waals surface area (Å²) in [7, 11) is 1.62. The van der Waals surface area contributed by atoms with E-state index in [0.29, 0.717) is 19.0 Å². The number of carbonyl (C=O) groups excluding carboxylic acids is 2. The summed E-state index contributed by atoms with van der Waals surface area (Å²) in [5.74, 6) is 0.707. The Hall–Kier alpha value is -2.82. The third-order valence-corrected chi connectivity index (χ3v) is 4.96. The van der Waals surface area contributed by atoms with Crippen LogP contribution in [0.1, 0.15) is 37.3 Å². The fraction of sp³-hybridized carbons (Fsp3) is 0.364. The van der Waals surface area contributed by atoms with Crippen molar-refractivity contribution < 1.29 is 14.3 Å². The topological polar surface area (TPSA) is 58.6 Å². The zero-order valence-electron chi connectivity index (χ0n) is 16.1. The molecule has 1 aliphatic heterocycles. The predicted octanol–water partition coefficient (Wildman–Crippen LogP) is 3.81. The number of likely N-dealkylation sites (tertiary alicyclic amines) is 1. The molecule has 1 saturated heterocycles. The summed E-state index contributed by atoms with van der Waals surface area (Å²) in [5.41, 5.74) is 2.96. The van der Waals surface area contributed by atoms with Crippen molar-refractivity contribution in [3.63, 3.8) is 0 Å². The van der Waals surface area contributed by atoms with Crippen LogP contribution in [-0.4, -0.2) is 30.4 Å². The number of amides is 2. The number of hydrogen-bond donors (Lipinski definition) is 1. The molecule has 0 bridgehead atoms. The van der Waals surface area contributed by atoms with Gasteiger partial charge in [-0.2, -0.15) is 0 Å². The summed E-state index contributed by atoms with van der Waals surface area (Å²) in [5, 5.41) is 3.02. The van der Waals surface area contributed by atoms with Gasteiger partial charge in [0.05, 0.1) is 13.0 Å². The third-order valence-electron chi connectivity index (χ3n) is 4.96. The van der Waals surface area contributed by atoms with Gasteiger partial charge in [-0.3, -0.25) is 9.59 Å². The second-order valence-corrected chi connectivity index (χ2v) is 7.25. The van der Waals surface area contributed by atoms with Crippen LogP contribution in [0.4, 0.5) is 5.69 Å². The van der Waals surface area contributed by atoms with Gasteiger partial charge in [0.1, 0.15) is 5.75 Å². The van der Waals surface area contributed by atoms with E-state index in [1.807, 2.05) is 48.5 Å². The Morgan fingerprint density at radius 3 is 2.56 bits per heavy atom. The van der Waals surface area contributed by atoms with Gasteiger partial charge in [0, 0.05) is 25.2 Å². The maximum atomic E-state index is 12.7. The summed E-state index contributed by atoms with van der Waals surface area (Å²) >= 11 is 0. The lowest BCUT2D eigenvalue weighted by Crippen LogP contribution is -2.28. The van der Waals surface area contributed by atoms with Gasteiger partial charge in [-0.1, -0.05) is 44.2 Å². The summed E-state index contributed by atoms with van der Waals surface area (Å²) in [6, 6.07) is 15.5. The van der Waals surface area contributed by atoms with Crippen LogP contribution in [0.3, 0.4) is 0 Å². The fourth-order valence-electron chi connectivity index (χ4n) is 3.40. The van der Waals surface area contributed by atoms with Gasteiger partial charge in [-0.25, -0.2) is 0 Å². The number of hydrogen-bond acceptors (Lipinski definition) is 3. The van der Waals surface area contributed by atoms with E-state index >= 15 is 0 Å². The maximum absolute atomic E-state index is 12.7. The molecule has 3 rings (SSSR count). The molecular formula is C22H26N2O3. The molecule has 2 amide bonds. The summed E-state index contributed by atoms with van der Waals surface area (Å²) < 4.78 is 5.16. The average Bonchev–Trinajstić information content (AvgIpc) is 3.03. The number of ether oxygens (including phenoxy) is 1. The van der Waals surface area contributed by atoms with E-state index in [1.165, 1.54) is 0 Å². The van der Waals surface area contributed by atoms with Crippen molar-refractivity contribution in [1.82, 2.24) is 4.90 Å². The molecule has 1 atom stereocenters. The molecule has 27 heavy (non-hydrogen) atoms. The number of nitrogens with zero attached hydrogens (tertiary/aromatic N) is 1. The zero-order valence-corrected chi connectivity index (χ0v) is 16.1. The molecule has 1 unspecified atom stereocenters. The molecule has 0 aliphatic carbocycles. The number of nitrogens with one attached hydrogen (secondary N) is 1. The Kier molecular flexibility index (Phi) is 5.79. The van der Waals surface area contributed by atoms with Crippen molar-refractivity contribution >= 4 is 17.5 Å². The first-order valence-corrected chi connectivity index (χ1v) is 9.28. The van der Waals surface area contributed by atoms with Crippen molar-refractivity contribution in [3.05, 3.63) is 59.7 Å². The van der Waals surface area contributed by atoms with E-state index in [1.54, 1.807) is 12.0 Å². The lowest BCUT2D eigenvalue weighted by molar-refractivity contribution is -0.128. The van der Waals surface area contributed by atoms with Crippen molar-refractivity contribution in [3.8, 4) is 5.75 Å². The molecule has 142 valence electrons. The number of carbonyl (C=O) groups is 2. The van der Waals surface area contributed by atoms with E-state index in [9.17, 15) is 9.59 Å². The molecular weight excluding hydrogens is 340 g/mol. The minimum atomic E-state index is -0.323. The van der Waals surface area contributed by atoms with Gasteiger partial charge in [0.25, 0.3) is 0 Å². The molecule has 2 aromatic rings. The molecule has 0 aromatic heterocycles. The van der Waals surface area contributed by atoms with E-state index < -0.39 is 0 Å². The van der Waals surface area contributed by atoms with Crippen LogP contribution < -0.4 is 10.1 Å². The first kappa shape index (κ1) is 19.0. The zero-order chi connectivity index (χ0) is 19.4. The standard InChI is InChI=1S/C22H26N2O3/c1-15(2)19-6-4-5-7-20(19)23-22(26)17-12-21(25)24(14-17)13-16-8-10-18(27-3)11-9-16/h4-11,15,17H,12-14H2,1-3H3,(H,23,26). The molecule has 1 fully saturated rings. The summed E-state index contributed by atoms with van der Waals surface area (Å²) in [6.07, 6.45) is 0.256. The molecule has 5 heteroatoms. The Balaban J connectivity index is 1.63. The SMILES string of the molecule is COc1ccc(CN2CC(C(=O)Nc3ccccc3C(C)C)CC2=O)cc1. The monoisotopic (exact) mass is 366 g/mol. The average molecular weight is 366 g/mol. The lowest BCUT2D eigenvalue weighted by atomic mass is 10.0. The van der Waals surface area contributed by atoms with Crippen LogP contribution in [0, 0.1) is 5.92 Å². The lowest BCUT2D eigenvalue weighted by Gasteiger charge is -2.18.